The number of hydrogen-bond donors (Lipinski definition) is 0. The van der Waals surface area contributed by atoms with Crippen LogP contribution in [-0.2, 0) is 4.74 Å². The third-order valence-corrected chi connectivity index (χ3v) is 2.60. The van der Waals surface area contributed by atoms with Gasteiger partial charge in [-0.15, -0.1) is 4.85 Å². The van der Waals surface area contributed by atoms with E-state index in [2.05, 4.69) is 10.3 Å². The van der Waals surface area contributed by atoms with Crippen molar-refractivity contribution < 1.29 is 14.4 Å². The molecule has 0 aliphatic carbocycles. The van der Waals surface area contributed by atoms with Gasteiger partial charge in [0.2, 0.25) is 0 Å². The Morgan fingerprint density at radius 3 is 2.74 bits per heavy atom. The molecule has 0 atom stereocenters. The summed E-state index contributed by atoms with van der Waals surface area (Å²) in [5.41, 5.74) is 0.975. The highest BCUT2D eigenvalue weighted by Crippen LogP contribution is 2.23. The summed E-state index contributed by atoms with van der Waals surface area (Å²) in [4.78, 5) is 12.0. The fourth-order valence-electron chi connectivity index (χ4n) is 1.53. The molecule has 6 nitrogen and oxygen atoms in total. The molecule has 0 amide bonds. The molecule has 0 spiro atoms. The lowest BCUT2D eigenvalue weighted by Gasteiger charge is -2.05. The Bertz CT molecular complexity index is 602. The normalized spacial score (nSPS) is 10.2. The Balaban J connectivity index is 2.51. The van der Waals surface area contributed by atoms with E-state index in [1.807, 2.05) is 0 Å². The number of halogens is 1. The van der Waals surface area contributed by atoms with Gasteiger partial charge in [0, 0.05) is 5.02 Å². The van der Waals surface area contributed by atoms with E-state index in [9.17, 15) is 10.0 Å². The fraction of sp³-hybridized carbons (Fsp3) is 0.167. The number of carbonyl (C=O) groups is 1. The lowest BCUT2D eigenvalue weighted by Crippen LogP contribution is -2.33. The Morgan fingerprint density at radius 2 is 2.11 bits per heavy atom. The first-order chi connectivity index (χ1) is 9.11. The van der Waals surface area contributed by atoms with Crippen molar-refractivity contribution >= 4 is 17.6 Å². The van der Waals surface area contributed by atoms with E-state index in [1.54, 1.807) is 31.2 Å². The third-order valence-electron chi connectivity index (χ3n) is 2.35. The van der Waals surface area contributed by atoms with Gasteiger partial charge in [0.1, 0.15) is 11.4 Å². The van der Waals surface area contributed by atoms with Crippen LogP contribution >= 0.6 is 11.6 Å². The molecule has 1 aromatic heterocycles. The second-order valence-electron chi connectivity index (χ2n) is 3.61. The van der Waals surface area contributed by atoms with Crippen LogP contribution in [0, 0.1) is 5.21 Å². The molecule has 0 N–H and O–H groups in total. The van der Waals surface area contributed by atoms with Crippen LogP contribution < -0.4 is 4.85 Å². The first-order valence-electron chi connectivity index (χ1n) is 5.52. The summed E-state index contributed by atoms with van der Waals surface area (Å²) in [5.74, 6) is -0.624. The molecule has 0 radical (unpaired) electrons. The topological polar surface area (TPSA) is 79.0 Å². The van der Waals surface area contributed by atoms with Crippen molar-refractivity contribution in [3.05, 3.63) is 46.4 Å². The second kappa shape index (κ2) is 5.62. The van der Waals surface area contributed by atoms with E-state index < -0.39 is 5.97 Å². The van der Waals surface area contributed by atoms with Gasteiger partial charge in [-0.2, -0.15) is 0 Å². The largest absolute Gasteiger partial charge is 0.691 e. The van der Waals surface area contributed by atoms with E-state index in [-0.39, 0.29) is 17.1 Å². The molecule has 0 aliphatic rings. The van der Waals surface area contributed by atoms with Gasteiger partial charge in [-0.3, -0.25) is 0 Å². The summed E-state index contributed by atoms with van der Waals surface area (Å²) < 4.78 is 4.87. The first kappa shape index (κ1) is 13.2. The van der Waals surface area contributed by atoms with Gasteiger partial charge < -0.3 is 9.94 Å². The summed E-state index contributed by atoms with van der Waals surface area (Å²) in [6.07, 6.45) is 1.17. The third kappa shape index (κ3) is 2.97. The predicted molar refractivity (Wildman–Crippen MR) is 67.4 cm³/mol. The number of ether oxygens (including phenoxy) is 1. The van der Waals surface area contributed by atoms with Crippen LogP contribution in [0.3, 0.4) is 0 Å². The van der Waals surface area contributed by atoms with Crippen LogP contribution in [-0.4, -0.2) is 22.9 Å². The molecule has 2 aromatic rings. The highest BCUT2D eigenvalue weighted by atomic mass is 35.5. The zero-order valence-corrected chi connectivity index (χ0v) is 10.8. The van der Waals surface area contributed by atoms with Crippen LogP contribution in [0.2, 0.25) is 5.02 Å². The van der Waals surface area contributed by atoms with Crippen LogP contribution in [0.25, 0.3) is 11.1 Å². The molecule has 98 valence electrons. The van der Waals surface area contributed by atoms with Crippen molar-refractivity contribution in [1.82, 2.24) is 10.3 Å². The average molecular weight is 280 g/mol. The van der Waals surface area contributed by atoms with E-state index in [1.165, 1.54) is 6.20 Å². The van der Waals surface area contributed by atoms with Crippen LogP contribution in [0.4, 0.5) is 0 Å². The van der Waals surface area contributed by atoms with E-state index in [4.69, 9.17) is 16.3 Å². The minimum absolute atomic E-state index is 0.00345. The molecule has 19 heavy (non-hydrogen) atoms. The van der Waals surface area contributed by atoms with Crippen molar-refractivity contribution in [2.24, 2.45) is 0 Å². The molecule has 0 fully saturated rings. The molecule has 1 heterocycles. The SMILES string of the molecule is CCOC(=O)c1nn[n+]([O-])cc1-c1ccc(Cl)cc1. The van der Waals surface area contributed by atoms with Crippen LogP contribution in [0.1, 0.15) is 17.4 Å². The molecule has 0 saturated carbocycles. The summed E-state index contributed by atoms with van der Waals surface area (Å²) in [7, 11) is 0. The minimum atomic E-state index is -0.624. The molecular formula is C12H10ClN3O3. The van der Waals surface area contributed by atoms with Crippen molar-refractivity contribution in [2.45, 2.75) is 6.92 Å². The number of rotatable bonds is 3. The molecular weight excluding hydrogens is 270 g/mol. The number of carbonyl (C=O) groups excluding carboxylic acids is 1. The van der Waals surface area contributed by atoms with Gasteiger partial charge in [0.15, 0.2) is 0 Å². The van der Waals surface area contributed by atoms with Gasteiger partial charge >= 0.3 is 5.97 Å². The Hall–Kier alpha value is -2.21. The summed E-state index contributed by atoms with van der Waals surface area (Å²) in [6.45, 7) is 1.90. The Morgan fingerprint density at radius 1 is 1.42 bits per heavy atom. The first-order valence-corrected chi connectivity index (χ1v) is 5.90. The van der Waals surface area contributed by atoms with E-state index >= 15 is 0 Å². The van der Waals surface area contributed by atoms with Gasteiger partial charge in [-0.1, -0.05) is 23.7 Å². The molecule has 0 saturated heterocycles. The average Bonchev–Trinajstić information content (AvgIpc) is 2.39. The molecule has 1 aromatic carbocycles. The smallest absolute Gasteiger partial charge is 0.386 e. The maximum atomic E-state index is 11.8. The minimum Gasteiger partial charge on any atom is -0.691 e. The maximum Gasteiger partial charge on any atom is 0.386 e. The number of nitrogens with zero attached hydrogens (tertiary/aromatic N) is 3. The molecule has 2 rings (SSSR count). The lowest BCUT2D eigenvalue weighted by atomic mass is 10.1. The van der Waals surface area contributed by atoms with Gasteiger partial charge in [-0.05, 0) is 24.6 Å². The molecule has 0 unspecified atom stereocenters. The van der Waals surface area contributed by atoms with E-state index in [0.717, 1.165) is 0 Å². The van der Waals surface area contributed by atoms with E-state index in [0.29, 0.717) is 16.1 Å². The number of esters is 1. The highest BCUT2D eigenvalue weighted by molar-refractivity contribution is 6.30. The summed E-state index contributed by atoms with van der Waals surface area (Å²) in [6, 6.07) is 6.67. The summed E-state index contributed by atoms with van der Waals surface area (Å²) >= 11 is 5.80. The molecule has 0 aliphatic heterocycles. The number of benzene rings is 1. The van der Waals surface area contributed by atoms with Gasteiger partial charge in [0.05, 0.1) is 17.3 Å². The zero-order valence-electron chi connectivity index (χ0n) is 10.0. The van der Waals surface area contributed by atoms with Gasteiger partial charge in [0.25, 0.3) is 5.69 Å². The number of hydrogen-bond acceptors (Lipinski definition) is 5. The second-order valence-corrected chi connectivity index (χ2v) is 4.05. The van der Waals surface area contributed by atoms with Crippen molar-refractivity contribution in [1.29, 1.82) is 0 Å². The molecule has 7 heteroatoms. The van der Waals surface area contributed by atoms with Crippen molar-refractivity contribution in [3.63, 3.8) is 0 Å². The Kier molecular flexibility index (Phi) is 3.91. The van der Waals surface area contributed by atoms with Gasteiger partial charge in [-0.25, -0.2) is 4.79 Å². The molecule has 0 bridgehead atoms. The standard InChI is InChI=1S/C12H10ClN3O3/c1-2-19-12(17)11-10(7-16(18)15-14-11)8-3-5-9(13)6-4-8/h3-7H,2H2,1H3. The fourth-order valence-corrected chi connectivity index (χ4v) is 1.66. The monoisotopic (exact) mass is 279 g/mol. The van der Waals surface area contributed by atoms with Crippen LogP contribution in [0.15, 0.2) is 30.5 Å². The van der Waals surface area contributed by atoms with Crippen molar-refractivity contribution in [2.75, 3.05) is 6.61 Å². The quantitative estimate of drug-likeness (QED) is 0.484. The highest BCUT2D eigenvalue weighted by Gasteiger charge is 2.23. The predicted octanol–water partition coefficient (Wildman–Crippen LogP) is 1.61. The van der Waals surface area contributed by atoms with Crippen molar-refractivity contribution in [3.8, 4) is 11.1 Å². The lowest BCUT2D eigenvalue weighted by molar-refractivity contribution is -0.674. The maximum absolute atomic E-state index is 11.8. The zero-order chi connectivity index (χ0) is 13.8. The van der Waals surface area contributed by atoms with Crippen LogP contribution in [0.5, 0.6) is 0 Å². The summed E-state index contributed by atoms with van der Waals surface area (Å²) in [5, 5.41) is 18.6. The Labute approximate surface area is 114 Å². The number of aromatic nitrogens is 3.